The molecule has 1 fully saturated rings. The Morgan fingerprint density at radius 1 is 0.279 bits per heavy atom. The molecular formula is C66H86Ga2. The van der Waals surface area contributed by atoms with E-state index in [0.717, 1.165) is 0 Å². The third-order valence-electron chi connectivity index (χ3n) is 16.1. The Bertz CT molecular complexity index is 2250. The summed E-state index contributed by atoms with van der Waals surface area (Å²) in [5.41, 5.74) is 24.6. The Morgan fingerprint density at radius 2 is 0.441 bits per heavy atom. The monoisotopic (exact) mass is 1020 g/mol. The number of rotatable bonds is 14. The van der Waals surface area contributed by atoms with Crippen molar-refractivity contribution >= 4 is 40.7 Å². The molecule has 6 aromatic carbocycles. The zero-order valence-electron chi connectivity index (χ0n) is 45.7. The molecule has 7 rings (SSSR count). The van der Waals surface area contributed by atoms with Crippen LogP contribution in [0.1, 0.15) is 216 Å². The molecule has 0 bridgehead atoms. The van der Waals surface area contributed by atoms with Crippen LogP contribution in [0.15, 0.2) is 109 Å². The fraction of sp³-hybridized carbons (Fsp3) is 0.455. The predicted octanol–water partition coefficient (Wildman–Crippen LogP) is 19.2. The zero-order valence-corrected chi connectivity index (χ0v) is 50.6. The zero-order chi connectivity index (χ0) is 49.5. The van der Waals surface area contributed by atoms with Gasteiger partial charge < -0.3 is 0 Å². The van der Waals surface area contributed by atoms with Crippen molar-refractivity contribution in [3.63, 3.8) is 0 Å². The minimum absolute atomic E-state index is 0.438. The first-order chi connectivity index (χ1) is 32.3. The molecule has 1 aliphatic heterocycles. The van der Waals surface area contributed by atoms with E-state index in [2.05, 4.69) is 234 Å². The van der Waals surface area contributed by atoms with Crippen LogP contribution in [0.25, 0.3) is 44.5 Å². The SMILES string of the molecule is CC(C)c1cccc(C(C)C)c1-c1cccc(-c2c(C(C)C)cccc2C(C)C)[c]1[Ga]1[CH2][C@@H](C)[Ga]([c]2c(-c3c(C(C)C)cccc3C(C)C)cccc2-c2c(C(C)C)cccc2C(C)C)[CH2][C@H]1C. The summed E-state index contributed by atoms with van der Waals surface area (Å²) in [5.74, 6) is 3.50. The van der Waals surface area contributed by atoms with E-state index in [-0.39, 0.29) is 0 Å². The number of benzene rings is 6. The summed E-state index contributed by atoms with van der Waals surface area (Å²) < 4.78 is 5.03. The van der Waals surface area contributed by atoms with E-state index in [0.29, 0.717) is 56.3 Å². The summed E-state index contributed by atoms with van der Waals surface area (Å²) in [6, 6.07) is 44.2. The van der Waals surface area contributed by atoms with Gasteiger partial charge in [0.05, 0.1) is 0 Å². The van der Waals surface area contributed by atoms with Crippen molar-refractivity contribution in [1.29, 1.82) is 0 Å². The van der Waals surface area contributed by atoms with E-state index in [9.17, 15) is 0 Å². The molecular weight excluding hydrogens is 932 g/mol. The molecule has 0 aromatic heterocycles. The second-order valence-corrected chi connectivity index (χ2v) is 37.9. The second-order valence-electron chi connectivity index (χ2n) is 23.7. The maximum atomic E-state index is 2.76. The minimum atomic E-state index is -2.39. The number of hydrogen-bond acceptors (Lipinski definition) is 0. The third-order valence-corrected chi connectivity index (χ3v) is 38.8. The Kier molecular flexibility index (Phi) is 16.9. The van der Waals surface area contributed by atoms with E-state index < -0.39 is 32.4 Å². The van der Waals surface area contributed by atoms with Gasteiger partial charge in [0.25, 0.3) is 0 Å². The molecule has 0 nitrogen and oxygen atoms in total. The van der Waals surface area contributed by atoms with E-state index in [1.54, 1.807) is 52.7 Å². The first-order valence-corrected chi connectivity index (χ1v) is 35.7. The maximum absolute atomic E-state index is 2.76. The second kappa shape index (κ2) is 21.9. The molecule has 0 aliphatic carbocycles. The van der Waals surface area contributed by atoms with Crippen LogP contribution >= 0.6 is 0 Å². The fourth-order valence-electron chi connectivity index (χ4n) is 12.6. The van der Waals surface area contributed by atoms with Crippen molar-refractivity contribution < 1.29 is 0 Å². The van der Waals surface area contributed by atoms with Gasteiger partial charge in [0.15, 0.2) is 0 Å². The Labute approximate surface area is 426 Å². The van der Waals surface area contributed by atoms with Crippen LogP contribution in [0.4, 0.5) is 0 Å². The van der Waals surface area contributed by atoms with Crippen LogP contribution in [0.5, 0.6) is 0 Å². The van der Waals surface area contributed by atoms with Gasteiger partial charge in [0, 0.05) is 0 Å². The molecule has 356 valence electrons. The van der Waals surface area contributed by atoms with Crippen LogP contribution in [0, 0.1) is 0 Å². The molecule has 0 radical (unpaired) electrons. The molecule has 2 atom stereocenters. The Morgan fingerprint density at radius 3 is 0.603 bits per heavy atom. The quantitative estimate of drug-likeness (QED) is 0.0954. The predicted molar refractivity (Wildman–Crippen MR) is 307 cm³/mol. The summed E-state index contributed by atoms with van der Waals surface area (Å²) in [6.07, 6.45) is 0. The van der Waals surface area contributed by atoms with E-state index in [4.69, 9.17) is 0 Å². The van der Waals surface area contributed by atoms with E-state index >= 15 is 0 Å². The van der Waals surface area contributed by atoms with Gasteiger partial charge in [0.1, 0.15) is 0 Å². The molecule has 0 saturated carbocycles. The van der Waals surface area contributed by atoms with Gasteiger partial charge >= 0.3 is 430 Å². The first kappa shape index (κ1) is 52.4. The van der Waals surface area contributed by atoms with Crippen molar-refractivity contribution in [2.45, 2.75) is 191 Å². The Hall–Kier alpha value is -3.41. The van der Waals surface area contributed by atoms with Gasteiger partial charge in [-0.25, -0.2) is 0 Å². The van der Waals surface area contributed by atoms with Gasteiger partial charge in [-0.05, 0) is 0 Å². The summed E-state index contributed by atoms with van der Waals surface area (Å²) in [6.45, 7) is 44.2. The topological polar surface area (TPSA) is 0 Å². The van der Waals surface area contributed by atoms with Gasteiger partial charge in [0.2, 0.25) is 0 Å². The molecule has 0 unspecified atom stereocenters. The first-order valence-electron chi connectivity index (χ1n) is 27.0. The van der Waals surface area contributed by atoms with Crippen LogP contribution in [-0.4, -0.2) is 32.4 Å². The fourth-order valence-corrected chi connectivity index (χ4v) is 41.6. The van der Waals surface area contributed by atoms with Crippen molar-refractivity contribution in [2.24, 2.45) is 0 Å². The Balaban J connectivity index is 1.55. The van der Waals surface area contributed by atoms with Gasteiger partial charge in [-0.1, -0.05) is 0 Å². The summed E-state index contributed by atoms with van der Waals surface area (Å²) in [7, 11) is 0. The molecule has 0 amide bonds. The van der Waals surface area contributed by atoms with Crippen molar-refractivity contribution in [1.82, 2.24) is 0 Å². The van der Waals surface area contributed by atoms with Crippen molar-refractivity contribution in [3.8, 4) is 44.5 Å². The summed E-state index contributed by atoms with van der Waals surface area (Å²) >= 11 is -4.78. The third kappa shape index (κ3) is 10.2. The molecule has 0 N–H and O–H groups in total. The van der Waals surface area contributed by atoms with Crippen LogP contribution in [-0.2, 0) is 0 Å². The van der Waals surface area contributed by atoms with Crippen LogP contribution in [0.2, 0.25) is 18.9 Å². The molecule has 2 heteroatoms. The summed E-state index contributed by atoms with van der Waals surface area (Å²) in [5, 5.41) is 0. The van der Waals surface area contributed by atoms with Gasteiger partial charge in [-0.3, -0.25) is 0 Å². The van der Waals surface area contributed by atoms with Crippen LogP contribution < -0.4 is 8.24 Å². The molecule has 1 saturated heterocycles. The molecule has 0 spiro atoms. The summed E-state index contributed by atoms with van der Waals surface area (Å²) in [4.78, 5) is 2.81. The molecule has 68 heavy (non-hydrogen) atoms. The van der Waals surface area contributed by atoms with E-state index in [1.165, 1.54) is 54.5 Å². The van der Waals surface area contributed by atoms with Gasteiger partial charge in [-0.2, -0.15) is 0 Å². The standard InChI is InChI=1S/2C30H37.2C3H6.2Ga/c2*1-19(2)25-14-10-15-26(20(3)4)29(25)23-12-9-13-24(18-23)30-27(21(5)6)16-11-17-28(30)22(7)8;2*1-3-2;;/h2*9-17,19-22H,1-8H3;2*3H,1H2,2H3;;. The van der Waals surface area contributed by atoms with Crippen LogP contribution in [0.3, 0.4) is 0 Å². The van der Waals surface area contributed by atoms with E-state index in [1.807, 2.05) is 0 Å². The number of hydrogen-bond donors (Lipinski definition) is 0. The normalized spacial score (nSPS) is 15.8. The van der Waals surface area contributed by atoms with Crippen molar-refractivity contribution in [2.75, 3.05) is 0 Å². The molecule has 6 aromatic rings. The molecule has 1 heterocycles. The average molecular weight is 1020 g/mol. The van der Waals surface area contributed by atoms with Gasteiger partial charge in [-0.15, -0.1) is 0 Å². The molecule has 1 aliphatic rings. The average Bonchev–Trinajstić information content (AvgIpc) is 3.30. The van der Waals surface area contributed by atoms with Crippen molar-refractivity contribution in [3.05, 3.63) is 154 Å².